The van der Waals surface area contributed by atoms with Gasteiger partial charge in [0.25, 0.3) is 0 Å². The lowest BCUT2D eigenvalue weighted by Gasteiger charge is -2.24. The average Bonchev–Trinajstić information content (AvgIpc) is 2.49. The van der Waals surface area contributed by atoms with Crippen LogP contribution in [0.5, 0.6) is 0 Å². The SMILES string of the molecule is O=C(O)CC(C1CCCC1)C(F)(F)F. The number of alkyl halides is 3. The largest absolute Gasteiger partial charge is 0.481 e. The van der Waals surface area contributed by atoms with Crippen molar-refractivity contribution in [2.75, 3.05) is 0 Å². The molecule has 1 fully saturated rings. The van der Waals surface area contributed by atoms with E-state index in [4.69, 9.17) is 5.11 Å². The van der Waals surface area contributed by atoms with Gasteiger partial charge in [-0.1, -0.05) is 12.8 Å². The summed E-state index contributed by atoms with van der Waals surface area (Å²) in [6.07, 6.45) is -2.55. The van der Waals surface area contributed by atoms with Gasteiger partial charge in [0, 0.05) is 0 Å². The summed E-state index contributed by atoms with van der Waals surface area (Å²) in [5.74, 6) is -3.49. The molecule has 1 aliphatic carbocycles. The second kappa shape index (κ2) is 4.19. The molecule has 82 valence electrons. The van der Waals surface area contributed by atoms with Crippen LogP contribution in [-0.2, 0) is 4.79 Å². The molecule has 0 aromatic heterocycles. The molecule has 1 aliphatic rings. The zero-order valence-corrected chi connectivity index (χ0v) is 7.68. The third kappa shape index (κ3) is 2.89. The van der Waals surface area contributed by atoms with E-state index in [-0.39, 0.29) is 0 Å². The second-order valence-electron chi connectivity index (χ2n) is 3.79. The van der Waals surface area contributed by atoms with E-state index in [1.54, 1.807) is 0 Å². The lowest BCUT2D eigenvalue weighted by molar-refractivity contribution is -0.195. The van der Waals surface area contributed by atoms with Crippen LogP contribution in [0.2, 0.25) is 0 Å². The van der Waals surface area contributed by atoms with Crippen LogP contribution in [0.4, 0.5) is 13.2 Å². The molecule has 1 atom stereocenters. The Morgan fingerprint density at radius 3 is 2.21 bits per heavy atom. The summed E-state index contributed by atoms with van der Waals surface area (Å²) in [5, 5.41) is 8.41. The molecule has 0 bridgehead atoms. The number of hydrogen-bond donors (Lipinski definition) is 1. The average molecular weight is 210 g/mol. The van der Waals surface area contributed by atoms with Crippen LogP contribution >= 0.6 is 0 Å². The third-order valence-electron chi connectivity index (χ3n) is 2.78. The van der Waals surface area contributed by atoms with Gasteiger partial charge in [-0.25, -0.2) is 0 Å². The minimum absolute atomic E-state index is 0.480. The standard InChI is InChI=1S/C9H13F3O2/c10-9(11,12)7(5-8(13)14)6-3-1-2-4-6/h6-7H,1-5H2,(H,13,14). The Hall–Kier alpha value is -0.740. The number of rotatable bonds is 3. The number of halogens is 3. The first-order chi connectivity index (χ1) is 6.41. The van der Waals surface area contributed by atoms with E-state index in [2.05, 4.69) is 0 Å². The summed E-state index contributed by atoms with van der Waals surface area (Å²) >= 11 is 0. The summed E-state index contributed by atoms with van der Waals surface area (Å²) in [4.78, 5) is 10.3. The van der Waals surface area contributed by atoms with Gasteiger partial charge in [0.05, 0.1) is 12.3 Å². The Labute approximate surface area is 80.1 Å². The Bertz CT molecular complexity index is 207. The van der Waals surface area contributed by atoms with E-state index in [1.165, 1.54) is 0 Å². The highest BCUT2D eigenvalue weighted by molar-refractivity contribution is 5.67. The molecule has 2 nitrogen and oxygen atoms in total. The maximum atomic E-state index is 12.5. The number of aliphatic carboxylic acids is 1. The molecule has 1 N–H and O–H groups in total. The van der Waals surface area contributed by atoms with E-state index >= 15 is 0 Å². The monoisotopic (exact) mass is 210 g/mol. The van der Waals surface area contributed by atoms with E-state index in [0.29, 0.717) is 12.8 Å². The van der Waals surface area contributed by atoms with Gasteiger partial charge in [-0.05, 0) is 18.8 Å². The maximum absolute atomic E-state index is 12.5. The van der Waals surface area contributed by atoms with E-state index in [1.807, 2.05) is 0 Å². The lowest BCUT2D eigenvalue weighted by atomic mass is 9.87. The van der Waals surface area contributed by atoms with E-state index in [9.17, 15) is 18.0 Å². The fourth-order valence-electron chi connectivity index (χ4n) is 2.10. The van der Waals surface area contributed by atoms with Gasteiger partial charge in [-0.2, -0.15) is 13.2 Å². The number of carboxylic acid groups (broad SMARTS) is 1. The quantitative estimate of drug-likeness (QED) is 0.777. The Balaban J connectivity index is 2.65. The van der Waals surface area contributed by atoms with Crippen LogP contribution in [0.15, 0.2) is 0 Å². The minimum Gasteiger partial charge on any atom is -0.481 e. The summed E-state index contributed by atoms with van der Waals surface area (Å²) in [7, 11) is 0. The summed E-state index contributed by atoms with van der Waals surface area (Å²) in [6, 6.07) is 0. The van der Waals surface area contributed by atoms with Gasteiger partial charge in [0.1, 0.15) is 0 Å². The predicted octanol–water partition coefficient (Wildman–Crippen LogP) is 2.83. The smallest absolute Gasteiger partial charge is 0.392 e. The van der Waals surface area contributed by atoms with Crippen LogP contribution in [0.3, 0.4) is 0 Å². The van der Waals surface area contributed by atoms with Gasteiger partial charge in [0.15, 0.2) is 0 Å². The first-order valence-electron chi connectivity index (χ1n) is 4.69. The van der Waals surface area contributed by atoms with Crippen molar-refractivity contribution >= 4 is 5.97 Å². The number of carboxylic acids is 1. The van der Waals surface area contributed by atoms with E-state index < -0.39 is 30.4 Å². The van der Waals surface area contributed by atoms with Crippen molar-refractivity contribution in [1.29, 1.82) is 0 Å². The maximum Gasteiger partial charge on any atom is 0.392 e. The highest BCUT2D eigenvalue weighted by Crippen LogP contribution is 2.42. The molecule has 1 saturated carbocycles. The van der Waals surface area contributed by atoms with Gasteiger partial charge in [0.2, 0.25) is 0 Å². The van der Waals surface area contributed by atoms with Crippen LogP contribution in [0.25, 0.3) is 0 Å². The molecule has 1 rings (SSSR count). The van der Waals surface area contributed by atoms with Crippen molar-refractivity contribution in [3.63, 3.8) is 0 Å². The molecule has 0 spiro atoms. The van der Waals surface area contributed by atoms with Crippen molar-refractivity contribution in [3.05, 3.63) is 0 Å². The molecule has 0 saturated heterocycles. The molecule has 5 heteroatoms. The van der Waals surface area contributed by atoms with Crippen LogP contribution in [0.1, 0.15) is 32.1 Å². The third-order valence-corrected chi connectivity index (χ3v) is 2.78. The Morgan fingerprint density at radius 1 is 1.36 bits per heavy atom. The van der Waals surface area contributed by atoms with Crippen molar-refractivity contribution in [1.82, 2.24) is 0 Å². The van der Waals surface area contributed by atoms with Gasteiger partial charge < -0.3 is 5.11 Å². The van der Waals surface area contributed by atoms with Crippen molar-refractivity contribution in [2.24, 2.45) is 11.8 Å². The molecule has 0 aromatic carbocycles. The van der Waals surface area contributed by atoms with Crippen LogP contribution in [0, 0.1) is 11.8 Å². The van der Waals surface area contributed by atoms with Crippen molar-refractivity contribution in [3.8, 4) is 0 Å². The highest BCUT2D eigenvalue weighted by Gasteiger charge is 2.46. The van der Waals surface area contributed by atoms with Crippen LogP contribution in [-0.4, -0.2) is 17.3 Å². The lowest BCUT2D eigenvalue weighted by Crippen LogP contribution is -2.31. The predicted molar refractivity (Wildman–Crippen MR) is 43.8 cm³/mol. The molecular formula is C9H13F3O2. The zero-order chi connectivity index (χ0) is 10.8. The molecule has 14 heavy (non-hydrogen) atoms. The van der Waals surface area contributed by atoms with Crippen LogP contribution < -0.4 is 0 Å². The molecular weight excluding hydrogens is 197 g/mol. The number of carbonyl (C=O) groups is 1. The fraction of sp³-hybridized carbons (Fsp3) is 0.889. The first-order valence-corrected chi connectivity index (χ1v) is 4.69. The summed E-state index contributed by atoms with van der Waals surface area (Å²) in [5.41, 5.74) is 0. The van der Waals surface area contributed by atoms with Crippen molar-refractivity contribution in [2.45, 2.75) is 38.3 Å². The van der Waals surface area contributed by atoms with Gasteiger partial charge in [-0.3, -0.25) is 4.79 Å². The molecule has 0 heterocycles. The fourth-order valence-corrected chi connectivity index (χ4v) is 2.10. The normalized spacial score (nSPS) is 21.1. The second-order valence-corrected chi connectivity index (χ2v) is 3.79. The molecule has 0 aromatic rings. The van der Waals surface area contributed by atoms with E-state index in [0.717, 1.165) is 12.8 Å². The topological polar surface area (TPSA) is 37.3 Å². The molecule has 0 aliphatic heterocycles. The number of hydrogen-bond acceptors (Lipinski definition) is 1. The first kappa shape index (κ1) is 11.3. The van der Waals surface area contributed by atoms with Crippen molar-refractivity contribution < 1.29 is 23.1 Å². The summed E-state index contributed by atoms with van der Waals surface area (Å²) < 4.78 is 37.4. The Kier molecular flexibility index (Phi) is 3.39. The molecule has 1 unspecified atom stereocenters. The molecule has 0 radical (unpaired) electrons. The highest BCUT2D eigenvalue weighted by atomic mass is 19.4. The summed E-state index contributed by atoms with van der Waals surface area (Å²) in [6.45, 7) is 0. The Morgan fingerprint density at radius 2 is 1.86 bits per heavy atom. The minimum atomic E-state index is -4.37. The van der Waals surface area contributed by atoms with Gasteiger partial charge >= 0.3 is 12.1 Å². The molecule has 0 amide bonds. The zero-order valence-electron chi connectivity index (χ0n) is 7.68. The van der Waals surface area contributed by atoms with Gasteiger partial charge in [-0.15, -0.1) is 0 Å².